The Balaban J connectivity index is 0.00000312. The molecule has 136 valence electrons. The summed E-state index contributed by atoms with van der Waals surface area (Å²) in [5.74, 6) is -1.24. The number of fused-ring (bicyclic) bond motifs is 1. The van der Waals surface area contributed by atoms with Crippen LogP contribution in [0.25, 0.3) is 11.0 Å². The Labute approximate surface area is 171 Å². The third-order valence-electron chi connectivity index (χ3n) is 3.13. The van der Waals surface area contributed by atoms with Crippen molar-refractivity contribution in [1.82, 2.24) is 4.98 Å². The average molecular weight is 542 g/mol. The quantitative estimate of drug-likeness (QED) is 0.291. The van der Waals surface area contributed by atoms with E-state index in [1.165, 1.54) is 4.57 Å². The maximum Gasteiger partial charge on any atom is 0.378 e. The topological polar surface area (TPSA) is 95.4 Å². The van der Waals surface area contributed by atoms with Crippen LogP contribution in [-0.2, 0) is 20.9 Å². The van der Waals surface area contributed by atoms with E-state index >= 15 is 0 Å². The number of Topliss-reactive ketones (excluding diaryl/α,β-unsaturated/α-hetero) is 1. The van der Waals surface area contributed by atoms with Gasteiger partial charge in [0.25, 0.3) is 5.78 Å². The van der Waals surface area contributed by atoms with Crippen LogP contribution >= 0.6 is 31.9 Å². The number of ether oxygens (including phenoxy) is 2. The summed E-state index contributed by atoms with van der Waals surface area (Å²) in [4.78, 5) is 28.1. The molecule has 0 saturated heterocycles. The van der Waals surface area contributed by atoms with Crippen molar-refractivity contribution in [2.75, 3.05) is 18.9 Å². The number of rotatable bonds is 6. The number of hydrogen-bond acceptors (Lipinski definition) is 6. The molecule has 0 aliphatic rings. The molecule has 1 heterocycles. The van der Waals surface area contributed by atoms with Crippen LogP contribution < -0.4 is 32.0 Å². The van der Waals surface area contributed by atoms with Gasteiger partial charge in [-0.25, -0.2) is 14.3 Å². The third-order valence-corrected chi connectivity index (χ3v) is 4.97. The second-order valence-electron chi connectivity index (χ2n) is 4.72. The van der Waals surface area contributed by atoms with E-state index in [4.69, 9.17) is 15.2 Å². The number of ketones is 1. The van der Waals surface area contributed by atoms with Gasteiger partial charge in [-0.15, -0.1) is 0 Å². The predicted octanol–water partition coefficient (Wildman–Crippen LogP) is -0.836. The Morgan fingerprint density at radius 1 is 1.20 bits per heavy atom. The number of nitrogens with two attached hydrogens (primary N) is 1. The molecule has 7 nitrogen and oxygen atoms in total. The van der Waals surface area contributed by atoms with Gasteiger partial charge in [0, 0.05) is 15.0 Å². The molecule has 0 unspecified atom stereocenters. The lowest BCUT2D eigenvalue weighted by molar-refractivity contribution is -0.643. The monoisotopic (exact) mass is 539 g/mol. The Kier molecular flexibility index (Phi) is 8.23. The molecule has 0 fully saturated rings. The maximum absolute atomic E-state index is 12.1. The SMILES string of the molecule is CCOC(=O)C(=O)C[n+]1c(N)c(OCC)nc2cc(Br)c(Br)cc21.[Br-]. The second kappa shape index (κ2) is 9.44. The maximum atomic E-state index is 12.1. The van der Waals surface area contributed by atoms with E-state index < -0.39 is 11.8 Å². The van der Waals surface area contributed by atoms with Gasteiger partial charge in [-0.2, -0.15) is 0 Å². The highest BCUT2D eigenvalue weighted by Gasteiger charge is 2.25. The van der Waals surface area contributed by atoms with Crippen LogP contribution in [0, 0.1) is 0 Å². The number of nitrogen functional groups attached to an aromatic ring is 1. The largest absolute Gasteiger partial charge is 1.00 e. The fourth-order valence-electron chi connectivity index (χ4n) is 2.08. The minimum Gasteiger partial charge on any atom is -1.00 e. The molecule has 10 heteroatoms. The number of anilines is 1. The lowest BCUT2D eigenvalue weighted by Gasteiger charge is -2.11. The van der Waals surface area contributed by atoms with E-state index in [9.17, 15) is 9.59 Å². The van der Waals surface area contributed by atoms with Gasteiger partial charge in [0.15, 0.2) is 12.1 Å². The first kappa shape index (κ1) is 21.8. The molecule has 25 heavy (non-hydrogen) atoms. The second-order valence-corrected chi connectivity index (χ2v) is 6.43. The predicted molar refractivity (Wildman–Crippen MR) is 94.6 cm³/mol. The van der Waals surface area contributed by atoms with Crippen molar-refractivity contribution >= 4 is 60.5 Å². The zero-order valence-corrected chi connectivity index (χ0v) is 18.3. The highest BCUT2D eigenvalue weighted by Crippen LogP contribution is 2.28. The molecule has 2 aromatic rings. The van der Waals surface area contributed by atoms with E-state index in [1.54, 1.807) is 26.0 Å². The zero-order valence-electron chi connectivity index (χ0n) is 13.5. The third kappa shape index (κ3) is 4.89. The number of aromatic nitrogens is 2. The molecule has 0 aliphatic heterocycles. The van der Waals surface area contributed by atoms with E-state index in [2.05, 4.69) is 36.8 Å². The first-order valence-electron chi connectivity index (χ1n) is 7.19. The lowest BCUT2D eigenvalue weighted by atomic mass is 10.2. The molecule has 0 bridgehead atoms. The summed E-state index contributed by atoms with van der Waals surface area (Å²) in [6.45, 7) is 3.67. The van der Waals surface area contributed by atoms with Gasteiger partial charge in [0.05, 0.1) is 13.2 Å². The Morgan fingerprint density at radius 3 is 2.44 bits per heavy atom. The molecule has 0 atom stereocenters. The molecular formula is C15H16Br3N3O4. The molecule has 1 aromatic carbocycles. The molecule has 0 saturated carbocycles. The van der Waals surface area contributed by atoms with Crippen LogP contribution in [0.15, 0.2) is 21.1 Å². The van der Waals surface area contributed by atoms with Crippen LogP contribution in [0.1, 0.15) is 13.8 Å². The van der Waals surface area contributed by atoms with E-state index in [0.717, 1.165) is 8.95 Å². The van der Waals surface area contributed by atoms with Crippen LogP contribution in [0.3, 0.4) is 0 Å². The summed E-state index contributed by atoms with van der Waals surface area (Å²) in [6, 6.07) is 3.53. The Hall–Kier alpha value is -1.26. The number of hydrogen-bond donors (Lipinski definition) is 1. The van der Waals surface area contributed by atoms with E-state index in [-0.39, 0.29) is 41.8 Å². The van der Waals surface area contributed by atoms with Gasteiger partial charge < -0.3 is 26.5 Å². The number of esters is 1. The normalized spacial score (nSPS) is 10.2. The summed E-state index contributed by atoms with van der Waals surface area (Å²) in [6.07, 6.45) is 0. The first-order chi connectivity index (χ1) is 11.4. The minimum absolute atomic E-state index is 0. The minimum atomic E-state index is -0.900. The number of carbonyl (C=O) groups is 2. The summed E-state index contributed by atoms with van der Waals surface area (Å²) in [5, 5.41) is 0. The summed E-state index contributed by atoms with van der Waals surface area (Å²) < 4.78 is 13.2. The van der Waals surface area contributed by atoms with Crippen molar-refractivity contribution < 1.29 is 40.6 Å². The van der Waals surface area contributed by atoms with Crippen LogP contribution in [0.4, 0.5) is 5.82 Å². The smallest absolute Gasteiger partial charge is 0.378 e. The molecule has 1 aromatic heterocycles. The highest BCUT2D eigenvalue weighted by atomic mass is 79.9. The van der Waals surface area contributed by atoms with Crippen molar-refractivity contribution in [2.45, 2.75) is 20.4 Å². The van der Waals surface area contributed by atoms with Crippen molar-refractivity contribution in [2.24, 2.45) is 0 Å². The van der Waals surface area contributed by atoms with Crippen LogP contribution in [0.5, 0.6) is 5.88 Å². The average Bonchev–Trinajstić information content (AvgIpc) is 2.53. The number of benzene rings is 1. The van der Waals surface area contributed by atoms with E-state index in [1.807, 2.05) is 0 Å². The summed E-state index contributed by atoms with van der Waals surface area (Å²) in [7, 11) is 0. The van der Waals surface area contributed by atoms with Crippen molar-refractivity contribution in [3.63, 3.8) is 0 Å². The number of halogens is 3. The highest BCUT2D eigenvalue weighted by molar-refractivity contribution is 9.13. The molecule has 0 amide bonds. The van der Waals surface area contributed by atoms with Crippen LogP contribution in [-0.4, -0.2) is 30.0 Å². The van der Waals surface area contributed by atoms with Gasteiger partial charge in [-0.05, 0) is 51.8 Å². The van der Waals surface area contributed by atoms with Crippen molar-refractivity contribution in [3.8, 4) is 5.88 Å². The van der Waals surface area contributed by atoms with Gasteiger partial charge in [-0.1, -0.05) is 0 Å². The van der Waals surface area contributed by atoms with Crippen molar-refractivity contribution in [3.05, 3.63) is 21.1 Å². The lowest BCUT2D eigenvalue weighted by Crippen LogP contribution is -3.00. The van der Waals surface area contributed by atoms with E-state index in [0.29, 0.717) is 17.6 Å². The van der Waals surface area contributed by atoms with Gasteiger partial charge in [0.1, 0.15) is 5.52 Å². The first-order valence-corrected chi connectivity index (χ1v) is 8.78. The van der Waals surface area contributed by atoms with Crippen LogP contribution in [0.2, 0.25) is 0 Å². The zero-order chi connectivity index (χ0) is 17.9. The molecule has 0 spiro atoms. The fraction of sp³-hybridized carbons (Fsp3) is 0.333. The standard InChI is InChI=1S/C15H15Br2N3O4.BrH/c1-3-23-14-13(18)20(7-12(21)15(22)24-4-2)11-6-9(17)8(16)5-10(11)19-14;/h5-6,18H,3-4,7H2,1-2H3;1H. The Morgan fingerprint density at radius 2 is 1.84 bits per heavy atom. The van der Waals surface area contributed by atoms with Crippen molar-refractivity contribution in [1.29, 1.82) is 0 Å². The van der Waals surface area contributed by atoms with Gasteiger partial charge in [-0.3, -0.25) is 10.5 Å². The molecule has 0 radical (unpaired) electrons. The molecule has 2 rings (SSSR count). The molecular weight excluding hydrogens is 526 g/mol. The fourth-order valence-corrected chi connectivity index (χ4v) is 2.74. The Bertz CT molecular complexity index is 814. The van der Waals surface area contributed by atoms with Gasteiger partial charge in [0.2, 0.25) is 0 Å². The summed E-state index contributed by atoms with van der Waals surface area (Å²) in [5.41, 5.74) is 7.25. The number of nitrogens with zero attached hydrogens (tertiary/aromatic N) is 2. The molecule has 2 N–H and O–H groups in total. The van der Waals surface area contributed by atoms with Gasteiger partial charge >= 0.3 is 17.7 Å². The summed E-state index contributed by atoms with van der Waals surface area (Å²) >= 11 is 6.82. The molecule has 0 aliphatic carbocycles. The number of carbonyl (C=O) groups excluding carboxylic acids is 2.